The Bertz CT molecular complexity index is 1010. The molecule has 0 fully saturated rings. The van der Waals surface area contributed by atoms with Crippen molar-refractivity contribution in [2.75, 3.05) is 19.8 Å². The van der Waals surface area contributed by atoms with Crippen LogP contribution >= 0.6 is 15.9 Å². The molecule has 0 aliphatic rings. The zero-order valence-electron chi connectivity index (χ0n) is 18.6. The SMILES string of the molecule is CCOC(=O)COc1ccc(C=NNC(=O)C(C)NC(=O)c2ccccc2Br)cc1OCC. The molecule has 9 nitrogen and oxygen atoms in total. The molecule has 2 aromatic rings. The van der Waals surface area contributed by atoms with Crippen molar-refractivity contribution < 1.29 is 28.6 Å². The van der Waals surface area contributed by atoms with Gasteiger partial charge < -0.3 is 19.5 Å². The topological polar surface area (TPSA) is 115 Å². The van der Waals surface area contributed by atoms with E-state index in [-0.39, 0.29) is 19.1 Å². The van der Waals surface area contributed by atoms with Crippen molar-refractivity contribution in [3.63, 3.8) is 0 Å². The molecule has 0 radical (unpaired) electrons. The van der Waals surface area contributed by atoms with Crippen molar-refractivity contribution in [1.82, 2.24) is 10.7 Å². The van der Waals surface area contributed by atoms with Gasteiger partial charge in [0, 0.05) is 4.47 Å². The van der Waals surface area contributed by atoms with Crippen LogP contribution in [0.15, 0.2) is 52.0 Å². The number of nitrogens with zero attached hydrogens (tertiary/aromatic N) is 1. The van der Waals surface area contributed by atoms with Crippen LogP contribution in [0, 0.1) is 0 Å². The first-order valence-corrected chi connectivity index (χ1v) is 11.1. The number of esters is 1. The van der Waals surface area contributed by atoms with Crippen LogP contribution in [0.3, 0.4) is 0 Å². The number of hydrogen-bond donors (Lipinski definition) is 2. The highest BCUT2D eigenvalue weighted by Gasteiger charge is 2.17. The summed E-state index contributed by atoms with van der Waals surface area (Å²) in [6, 6.07) is 11.1. The van der Waals surface area contributed by atoms with Gasteiger partial charge in [-0.1, -0.05) is 12.1 Å². The summed E-state index contributed by atoms with van der Waals surface area (Å²) in [4.78, 5) is 36.1. The first-order valence-electron chi connectivity index (χ1n) is 10.3. The lowest BCUT2D eigenvalue weighted by Gasteiger charge is -2.13. The number of carbonyl (C=O) groups is 3. The Hall–Kier alpha value is -3.40. The van der Waals surface area contributed by atoms with Crippen LogP contribution in [0.25, 0.3) is 0 Å². The van der Waals surface area contributed by atoms with E-state index in [1.165, 1.54) is 6.21 Å². The second kappa shape index (κ2) is 13.2. The smallest absolute Gasteiger partial charge is 0.344 e. The summed E-state index contributed by atoms with van der Waals surface area (Å²) in [5.74, 6) is -0.533. The molecule has 0 saturated heterocycles. The summed E-state index contributed by atoms with van der Waals surface area (Å²) in [6.07, 6.45) is 1.43. The van der Waals surface area contributed by atoms with E-state index in [9.17, 15) is 14.4 Å². The lowest BCUT2D eigenvalue weighted by atomic mass is 10.2. The first kappa shape index (κ1) is 25.9. The zero-order chi connectivity index (χ0) is 24.2. The maximum atomic E-state index is 12.3. The van der Waals surface area contributed by atoms with Crippen LogP contribution in [0.2, 0.25) is 0 Å². The van der Waals surface area contributed by atoms with Gasteiger partial charge in [0.25, 0.3) is 11.8 Å². The van der Waals surface area contributed by atoms with Crippen molar-refractivity contribution in [2.24, 2.45) is 5.10 Å². The maximum absolute atomic E-state index is 12.3. The van der Waals surface area contributed by atoms with Gasteiger partial charge >= 0.3 is 5.97 Å². The van der Waals surface area contributed by atoms with Crippen molar-refractivity contribution in [3.8, 4) is 11.5 Å². The molecule has 176 valence electrons. The normalized spacial score (nSPS) is 11.5. The summed E-state index contributed by atoms with van der Waals surface area (Å²) >= 11 is 3.31. The molecule has 0 aromatic heterocycles. The van der Waals surface area contributed by atoms with Crippen LogP contribution < -0.4 is 20.2 Å². The molecule has 0 heterocycles. The highest BCUT2D eigenvalue weighted by molar-refractivity contribution is 9.10. The third kappa shape index (κ3) is 8.23. The van der Waals surface area contributed by atoms with E-state index in [2.05, 4.69) is 31.8 Å². The van der Waals surface area contributed by atoms with Crippen LogP contribution in [0.1, 0.15) is 36.7 Å². The molecule has 2 rings (SSSR count). The lowest BCUT2D eigenvalue weighted by molar-refractivity contribution is -0.145. The number of halogens is 1. The number of rotatable bonds is 11. The Balaban J connectivity index is 1.95. The fraction of sp³-hybridized carbons (Fsp3) is 0.304. The Kier molecular flexibility index (Phi) is 10.4. The van der Waals surface area contributed by atoms with Gasteiger partial charge in [-0.15, -0.1) is 0 Å². The Morgan fingerprint density at radius 1 is 1.06 bits per heavy atom. The van der Waals surface area contributed by atoms with Crippen LogP contribution in [-0.2, 0) is 14.3 Å². The van der Waals surface area contributed by atoms with Gasteiger partial charge in [-0.25, -0.2) is 10.2 Å². The number of ether oxygens (including phenoxy) is 3. The average Bonchev–Trinajstić information content (AvgIpc) is 2.79. The summed E-state index contributed by atoms with van der Waals surface area (Å²) in [5.41, 5.74) is 3.45. The Labute approximate surface area is 200 Å². The number of nitrogens with one attached hydrogen (secondary N) is 2. The summed E-state index contributed by atoms with van der Waals surface area (Å²) in [7, 11) is 0. The number of benzene rings is 2. The molecule has 33 heavy (non-hydrogen) atoms. The van der Waals surface area contributed by atoms with Crippen LogP contribution in [0.4, 0.5) is 0 Å². The summed E-state index contributed by atoms with van der Waals surface area (Å²) in [5, 5.41) is 6.56. The van der Waals surface area contributed by atoms with Crippen molar-refractivity contribution in [2.45, 2.75) is 26.8 Å². The highest BCUT2D eigenvalue weighted by atomic mass is 79.9. The van der Waals surface area contributed by atoms with E-state index in [4.69, 9.17) is 14.2 Å². The minimum Gasteiger partial charge on any atom is -0.490 e. The molecule has 1 unspecified atom stereocenters. The van der Waals surface area contributed by atoms with Gasteiger partial charge in [0.15, 0.2) is 18.1 Å². The largest absolute Gasteiger partial charge is 0.490 e. The van der Waals surface area contributed by atoms with Crippen LogP contribution in [-0.4, -0.2) is 49.9 Å². The molecule has 0 aliphatic heterocycles. The molecule has 2 aromatic carbocycles. The van der Waals surface area contributed by atoms with Crippen molar-refractivity contribution in [3.05, 3.63) is 58.1 Å². The Morgan fingerprint density at radius 2 is 1.82 bits per heavy atom. The third-order valence-corrected chi connectivity index (χ3v) is 4.86. The van der Waals surface area contributed by atoms with Gasteiger partial charge in [0.2, 0.25) is 0 Å². The number of carbonyl (C=O) groups excluding carboxylic acids is 3. The molecule has 1 atom stereocenters. The van der Waals surface area contributed by atoms with Gasteiger partial charge in [0.1, 0.15) is 6.04 Å². The summed E-state index contributed by atoms with van der Waals surface area (Å²) in [6.45, 7) is 5.52. The predicted molar refractivity (Wildman–Crippen MR) is 127 cm³/mol. The van der Waals surface area contributed by atoms with Crippen molar-refractivity contribution >= 4 is 39.9 Å². The van der Waals surface area contributed by atoms with Crippen molar-refractivity contribution in [1.29, 1.82) is 0 Å². The van der Waals surface area contributed by atoms with E-state index in [1.54, 1.807) is 56.3 Å². The molecular weight excluding hydrogens is 494 g/mol. The number of hydrazone groups is 1. The van der Waals surface area contributed by atoms with Gasteiger partial charge in [-0.3, -0.25) is 9.59 Å². The molecule has 10 heteroatoms. The highest BCUT2D eigenvalue weighted by Crippen LogP contribution is 2.28. The number of amides is 2. The maximum Gasteiger partial charge on any atom is 0.344 e. The average molecular weight is 520 g/mol. The minimum absolute atomic E-state index is 0.236. The molecule has 2 amide bonds. The lowest BCUT2D eigenvalue weighted by Crippen LogP contribution is -2.43. The van der Waals surface area contributed by atoms with Gasteiger partial charge in [0.05, 0.1) is 25.0 Å². The second-order valence-corrected chi connectivity index (χ2v) is 7.50. The number of hydrogen-bond acceptors (Lipinski definition) is 7. The minimum atomic E-state index is -0.806. The molecule has 0 spiro atoms. The molecule has 0 bridgehead atoms. The molecule has 2 N–H and O–H groups in total. The monoisotopic (exact) mass is 519 g/mol. The predicted octanol–water partition coefficient (Wildman–Crippen LogP) is 3.06. The van der Waals surface area contributed by atoms with E-state index < -0.39 is 17.9 Å². The molecule has 0 saturated carbocycles. The standard InChI is InChI=1S/C23H26BrN3O6/c1-4-31-20-12-16(10-11-19(20)33-14-21(28)32-5-2)13-25-27-22(29)15(3)26-23(30)17-8-6-7-9-18(17)24/h6-13,15H,4-5,14H2,1-3H3,(H,26,30)(H,27,29). The zero-order valence-corrected chi connectivity index (χ0v) is 20.2. The van der Waals surface area contributed by atoms with Gasteiger partial charge in [-0.2, -0.15) is 5.10 Å². The Morgan fingerprint density at radius 3 is 2.52 bits per heavy atom. The fourth-order valence-electron chi connectivity index (χ4n) is 2.58. The quantitative estimate of drug-likeness (QED) is 0.268. The van der Waals surface area contributed by atoms with E-state index in [0.717, 1.165) is 0 Å². The van der Waals surface area contributed by atoms with Crippen LogP contribution in [0.5, 0.6) is 11.5 Å². The molecule has 0 aliphatic carbocycles. The van der Waals surface area contributed by atoms with Gasteiger partial charge in [-0.05, 0) is 72.6 Å². The summed E-state index contributed by atoms with van der Waals surface area (Å²) < 4.78 is 16.5. The third-order valence-electron chi connectivity index (χ3n) is 4.17. The molecular formula is C23H26BrN3O6. The fourth-order valence-corrected chi connectivity index (χ4v) is 3.05. The van der Waals surface area contributed by atoms with E-state index >= 15 is 0 Å². The second-order valence-electron chi connectivity index (χ2n) is 6.64. The van der Waals surface area contributed by atoms with E-state index in [0.29, 0.717) is 33.7 Å². The first-order chi connectivity index (χ1) is 15.8. The van der Waals surface area contributed by atoms with E-state index in [1.807, 2.05) is 6.92 Å².